The van der Waals surface area contributed by atoms with Gasteiger partial charge in [-0.2, -0.15) is 0 Å². The first kappa shape index (κ1) is 38.3. The van der Waals surface area contributed by atoms with Gasteiger partial charge in [-0.25, -0.2) is 9.97 Å². The number of nitrogens with one attached hydrogen (secondary N) is 4. The maximum absolute atomic E-state index is 14.0. The molecule has 0 saturated carbocycles. The largest absolute Gasteiger partial charge is 0.368 e. The maximum Gasteiger partial charge on any atom is 0.255 e. The number of rotatable bonds is 8. The van der Waals surface area contributed by atoms with E-state index in [0.717, 1.165) is 11.1 Å². The zero-order chi connectivity index (χ0) is 38.4. The Hall–Kier alpha value is -5.95. The molecule has 0 saturated heterocycles. The summed E-state index contributed by atoms with van der Waals surface area (Å²) in [5.74, 6) is -2.20. The van der Waals surface area contributed by atoms with Crippen molar-refractivity contribution in [1.82, 2.24) is 25.9 Å². The standard InChI is InChI=1S/C40H46N8O5/c1-22-14-25-16-29(26-9-6-8-24(15-26)18-33(49)43-21-34(50)46-32(17-25)36(42)51)35(22)48-39(53)31(12-13-41)47-38(52)30-20-44-37(45-23(30)2)27-10-7-11-28(19-27)40(3,4)5/h6-11,14-16,19-20,31-32H,12-13,17-18,21,41H2,1-5H3,(H2,42,51)(H,43,49)(H,46,50)(H,47,52)(H,48,53)/t31-,32?/m0/s1. The van der Waals surface area contributed by atoms with Crippen LogP contribution in [0.25, 0.3) is 22.5 Å². The number of fused-ring (bicyclic) bond motifs is 5. The van der Waals surface area contributed by atoms with Gasteiger partial charge in [0, 0.05) is 23.7 Å². The molecule has 1 aromatic heterocycles. The van der Waals surface area contributed by atoms with E-state index >= 15 is 0 Å². The first-order chi connectivity index (χ1) is 25.1. The van der Waals surface area contributed by atoms with Crippen LogP contribution < -0.4 is 32.7 Å². The van der Waals surface area contributed by atoms with Crippen molar-refractivity contribution in [3.8, 4) is 22.5 Å². The van der Waals surface area contributed by atoms with Gasteiger partial charge in [-0.15, -0.1) is 0 Å². The third-order valence-corrected chi connectivity index (χ3v) is 9.10. The van der Waals surface area contributed by atoms with Gasteiger partial charge in [0.25, 0.3) is 5.91 Å². The molecule has 276 valence electrons. The van der Waals surface area contributed by atoms with Crippen molar-refractivity contribution in [1.29, 1.82) is 0 Å². The Morgan fingerprint density at radius 2 is 1.70 bits per heavy atom. The van der Waals surface area contributed by atoms with E-state index in [1.807, 2.05) is 36.4 Å². The second-order valence-electron chi connectivity index (χ2n) is 14.3. The molecule has 2 atom stereocenters. The second kappa shape index (κ2) is 16.2. The Morgan fingerprint density at radius 1 is 0.962 bits per heavy atom. The van der Waals surface area contributed by atoms with Gasteiger partial charge in [-0.1, -0.05) is 69.3 Å². The topological polar surface area (TPSA) is 211 Å². The number of carbonyl (C=O) groups excluding carboxylic acids is 5. The third-order valence-electron chi connectivity index (χ3n) is 9.10. The summed E-state index contributed by atoms with van der Waals surface area (Å²) in [7, 11) is 0. The van der Waals surface area contributed by atoms with Crippen LogP contribution in [0.15, 0.2) is 66.9 Å². The van der Waals surface area contributed by atoms with Gasteiger partial charge in [-0.05, 0) is 72.2 Å². The average Bonchev–Trinajstić information content (AvgIpc) is 3.10. The van der Waals surface area contributed by atoms with Crippen molar-refractivity contribution >= 4 is 35.2 Å². The highest BCUT2D eigenvalue weighted by Gasteiger charge is 2.26. The number of carbonyl (C=O) groups is 5. The van der Waals surface area contributed by atoms with Gasteiger partial charge in [0.1, 0.15) is 12.1 Å². The lowest BCUT2D eigenvalue weighted by Gasteiger charge is -2.23. The van der Waals surface area contributed by atoms with Crippen LogP contribution in [0.2, 0.25) is 0 Å². The van der Waals surface area contributed by atoms with Gasteiger partial charge in [0.2, 0.25) is 23.6 Å². The van der Waals surface area contributed by atoms with Crippen molar-refractivity contribution in [3.05, 3.63) is 100 Å². The summed E-state index contributed by atoms with van der Waals surface area (Å²) in [6.07, 6.45) is 1.68. The molecule has 8 N–H and O–H groups in total. The highest BCUT2D eigenvalue weighted by molar-refractivity contribution is 6.04. The average molecular weight is 719 g/mol. The number of anilines is 1. The quantitative estimate of drug-likeness (QED) is 0.159. The molecule has 4 bridgehead atoms. The van der Waals surface area contributed by atoms with E-state index in [4.69, 9.17) is 11.5 Å². The first-order valence-corrected chi connectivity index (χ1v) is 17.5. The van der Waals surface area contributed by atoms with Crippen LogP contribution in [0.1, 0.15) is 65.5 Å². The minimum absolute atomic E-state index is 0.00124. The van der Waals surface area contributed by atoms with E-state index in [9.17, 15) is 24.0 Å². The molecule has 0 spiro atoms. The number of aromatic nitrogens is 2. The third kappa shape index (κ3) is 9.49. The number of primary amides is 1. The van der Waals surface area contributed by atoms with E-state index < -0.39 is 35.7 Å². The molecule has 0 aliphatic carbocycles. The molecular weight excluding hydrogens is 672 g/mol. The lowest BCUT2D eigenvalue weighted by Crippen LogP contribution is -2.49. The molecule has 1 aliphatic heterocycles. The lowest BCUT2D eigenvalue weighted by molar-refractivity contribution is -0.128. The van der Waals surface area contributed by atoms with E-state index in [0.29, 0.717) is 45.0 Å². The minimum Gasteiger partial charge on any atom is -0.368 e. The molecule has 3 aromatic carbocycles. The SMILES string of the molecule is Cc1cc2cc(c1NC(=O)[C@H](CCN)NC(=O)c1cnc(-c3cccc(C(C)(C)C)c3)nc1C)-c1cccc(c1)CC(=O)NCC(=O)NC(C(N)=O)C2. The summed E-state index contributed by atoms with van der Waals surface area (Å²) < 4.78 is 0. The van der Waals surface area contributed by atoms with Crippen LogP contribution in [-0.2, 0) is 37.4 Å². The Balaban J connectivity index is 1.44. The van der Waals surface area contributed by atoms with Gasteiger partial charge in [0.05, 0.1) is 29.9 Å². The van der Waals surface area contributed by atoms with Gasteiger partial charge >= 0.3 is 0 Å². The summed E-state index contributed by atoms with van der Waals surface area (Å²) in [6.45, 7) is 9.72. The molecule has 13 heteroatoms. The smallest absolute Gasteiger partial charge is 0.255 e. The molecule has 0 radical (unpaired) electrons. The zero-order valence-electron chi connectivity index (χ0n) is 30.6. The minimum atomic E-state index is -1.04. The number of nitrogens with two attached hydrogens (primary N) is 2. The zero-order valence-corrected chi connectivity index (χ0v) is 30.6. The van der Waals surface area contributed by atoms with Crippen LogP contribution in [-0.4, -0.2) is 64.7 Å². The normalized spacial score (nSPS) is 15.3. The van der Waals surface area contributed by atoms with Crippen molar-refractivity contribution in [3.63, 3.8) is 0 Å². The predicted octanol–water partition coefficient (Wildman–Crippen LogP) is 3.00. The fourth-order valence-corrected chi connectivity index (χ4v) is 6.19. The second-order valence-corrected chi connectivity index (χ2v) is 14.3. The Labute approximate surface area is 308 Å². The maximum atomic E-state index is 14.0. The molecule has 5 rings (SSSR count). The Morgan fingerprint density at radius 3 is 2.40 bits per heavy atom. The van der Waals surface area contributed by atoms with Gasteiger partial charge in [-0.3, -0.25) is 24.0 Å². The van der Waals surface area contributed by atoms with Crippen LogP contribution in [0, 0.1) is 13.8 Å². The van der Waals surface area contributed by atoms with E-state index in [2.05, 4.69) is 58.1 Å². The number of nitrogens with zero attached hydrogens (tertiary/aromatic N) is 2. The van der Waals surface area contributed by atoms with E-state index in [1.165, 1.54) is 6.20 Å². The van der Waals surface area contributed by atoms with E-state index in [1.54, 1.807) is 32.0 Å². The molecule has 0 fully saturated rings. The van der Waals surface area contributed by atoms with Crippen LogP contribution >= 0.6 is 0 Å². The number of hydrogen-bond acceptors (Lipinski definition) is 8. The van der Waals surface area contributed by atoms with Crippen molar-refractivity contribution < 1.29 is 24.0 Å². The molecule has 53 heavy (non-hydrogen) atoms. The van der Waals surface area contributed by atoms with Crippen molar-refractivity contribution in [2.75, 3.05) is 18.4 Å². The number of aryl methyl sites for hydroxylation is 2. The highest BCUT2D eigenvalue weighted by atomic mass is 16.2. The van der Waals surface area contributed by atoms with Crippen LogP contribution in [0.3, 0.4) is 0 Å². The monoisotopic (exact) mass is 718 g/mol. The summed E-state index contributed by atoms with van der Waals surface area (Å²) in [6, 6.07) is 16.8. The fraction of sp³-hybridized carbons (Fsp3) is 0.325. The summed E-state index contributed by atoms with van der Waals surface area (Å²) >= 11 is 0. The molecular formula is C40H46N8O5. The predicted molar refractivity (Wildman–Crippen MR) is 203 cm³/mol. The Bertz CT molecular complexity index is 2070. The lowest BCUT2D eigenvalue weighted by atomic mass is 9.86. The summed E-state index contributed by atoms with van der Waals surface area (Å²) in [5, 5.41) is 11.0. The highest BCUT2D eigenvalue weighted by Crippen LogP contribution is 2.34. The number of hydrogen-bond donors (Lipinski definition) is 6. The molecule has 1 aliphatic rings. The van der Waals surface area contributed by atoms with Crippen LogP contribution in [0.5, 0.6) is 0 Å². The molecule has 4 aromatic rings. The summed E-state index contributed by atoms with van der Waals surface area (Å²) in [5.41, 5.74) is 17.9. The molecule has 5 amide bonds. The number of amides is 5. The Kier molecular flexibility index (Phi) is 11.7. The summed E-state index contributed by atoms with van der Waals surface area (Å²) in [4.78, 5) is 74.2. The van der Waals surface area contributed by atoms with Gasteiger partial charge < -0.3 is 32.7 Å². The van der Waals surface area contributed by atoms with Crippen LogP contribution in [0.4, 0.5) is 5.69 Å². The van der Waals surface area contributed by atoms with E-state index in [-0.39, 0.29) is 49.2 Å². The molecule has 13 nitrogen and oxygen atoms in total. The fourth-order valence-electron chi connectivity index (χ4n) is 6.19. The number of benzene rings is 3. The molecule has 2 heterocycles. The van der Waals surface area contributed by atoms with Crippen molar-refractivity contribution in [2.45, 2.75) is 71.4 Å². The van der Waals surface area contributed by atoms with Gasteiger partial charge in [0.15, 0.2) is 5.82 Å². The molecule has 1 unspecified atom stereocenters. The van der Waals surface area contributed by atoms with Crippen molar-refractivity contribution in [2.24, 2.45) is 11.5 Å². The first-order valence-electron chi connectivity index (χ1n) is 17.5.